The van der Waals surface area contributed by atoms with E-state index >= 15 is 0 Å². The number of alkyl halides is 2. The molecule has 0 unspecified atom stereocenters. The van der Waals surface area contributed by atoms with Crippen LogP contribution in [0.4, 0.5) is 8.78 Å². The molecule has 2 aromatic rings. The lowest BCUT2D eigenvalue weighted by Gasteiger charge is -2.07. The van der Waals surface area contributed by atoms with Crippen molar-refractivity contribution in [1.29, 1.82) is 0 Å². The fourth-order valence-corrected chi connectivity index (χ4v) is 1.38. The Balaban J connectivity index is 2.40. The second kappa shape index (κ2) is 4.49. The summed E-state index contributed by atoms with van der Waals surface area (Å²) in [6, 6.07) is 6.25. The third-order valence-electron chi connectivity index (χ3n) is 1.85. The fourth-order valence-electron chi connectivity index (χ4n) is 1.25. The largest absolute Gasteiger partial charge is 0.434 e. The SMILES string of the molecule is FC(F)Oc1ccccc1-c1cnc(Cl)o1. The first kappa shape index (κ1) is 10.9. The maximum Gasteiger partial charge on any atom is 0.387 e. The Morgan fingerprint density at radius 3 is 2.69 bits per heavy atom. The summed E-state index contributed by atoms with van der Waals surface area (Å²) >= 11 is 5.50. The fraction of sp³-hybridized carbons (Fsp3) is 0.100. The summed E-state index contributed by atoms with van der Waals surface area (Å²) in [5.74, 6) is 0.298. The van der Waals surface area contributed by atoms with Crippen LogP contribution < -0.4 is 4.74 Å². The number of benzene rings is 1. The van der Waals surface area contributed by atoms with Gasteiger partial charge in [-0.25, -0.2) is 4.98 Å². The topological polar surface area (TPSA) is 35.3 Å². The molecule has 0 amide bonds. The Kier molecular flexibility index (Phi) is 3.05. The molecule has 84 valence electrons. The molecule has 1 aromatic heterocycles. The van der Waals surface area contributed by atoms with E-state index in [2.05, 4.69) is 9.72 Å². The van der Waals surface area contributed by atoms with Crippen LogP contribution in [-0.4, -0.2) is 11.6 Å². The number of hydrogen-bond donors (Lipinski definition) is 0. The zero-order valence-electron chi connectivity index (χ0n) is 7.86. The summed E-state index contributed by atoms with van der Waals surface area (Å²) in [7, 11) is 0. The molecule has 0 fully saturated rings. The van der Waals surface area contributed by atoms with Gasteiger partial charge in [0.25, 0.3) is 5.35 Å². The van der Waals surface area contributed by atoms with Gasteiger partial charge in [-0.3, -0.25) is 0 Å². The van der Waals surface area contributed by atoms with E-state index in [9.17, 15) is 8.78 Å². The third kappa shape index (κ3) is 2.30. The monoisotopic (exact) mass is 245 g/mol. The Hall–Kier alpha value is -1.62. The summed E-state index contributed by atoms with van der Waals surface area (Å²) in [6.45, 7) is -2.89. The minimum Gasteiger partial charge on any atom is -0.434 e. The van der Waals surface area contributed by atoms with Crippen LogP contribution in [0.1, 0.15) is 0 Å². The predicted octanol–water partition coefficient (Wildman–Crippen LogP) is 3.60. The van der Waals surface area contributed by atoms with E-state index in [4.69, 9.17) is 16.0 Å². The van der Waals surface area contributed by atoms with Crippen molar-refractivity contribution in [1.82, 2.24) is 4.98 Å². The lowest BCUT2D eigenvalue weighted by atomic mass is 10.1. The van der Waals surface area contributed by atoms with Gasteiger partial charge in [-0.2, -0.15) is 8.78 Å². The van der Waals surface area contributed by atoms with Gasteiger partial charge in [0, 0.05) is 0 Å². The maximum atomic E-state index is 12.1. The van der Waals surface area contributed by atoms with Gasteiger partial charge in [0.2, 0.25) is 0 Å². The highest BCUT2D eigenvalue weighted by Crippen LogP contribution is 2.31. The van der Waals surface area contributed by atoms with Crippen molar-refractivity contribution in [2.24, 2.45) is 0 Å². The van der Waals surface area contributed by atoms with Crippen LogP contribution >= 0.6 is 11.6 Å². The molecule has 16 heavy (non-hydrogen) atoms. The van der Waals surface area contributed by atoms with Crippen molar-refractivity contribution >= 4 is 11.6 Å². The van der Waals surface area contributed by atoms with E-state index in [0.29, 0.717) is 5.56 Å². The van der Waals surface area contributed by atoms with Crippen molar-refractivity contribution in [3.63, 3.8) is 0 Å². The van der Waals surface area contributed by atoms with Gasteiger partial charge in [-0.1, -0.05) is 12.1 Å². The highest BCUT2D eigenvalue weighted by atomic mass is 35.5. The van der Waals surface area contributed by atoms with Crippen molar-refractivity contribution in [2.75, 3.05) is 0 Å². The van der Waals surface area contributed by atoms with Crippen LogP contribution in [0.15, 0.2) is 34.9 Å². The highest BCUT2D eigenvalue weighted by Gasteiger charge is 2.13. The number of halogens is 3. The summed E-state index contributed by atoms with van der Waals surface area (Å²) in [4.78, 5) is 3.67. The number of rotatable bonds is 3. The van der Waals surface area contributed by atoms with E-state index < -0.39 is 6.61 Å². The van der Waals surface area contributed by atoms with E-state index in [-0.39, 0.29) is 16.9 Å². The average molecular weight is 246 g/mol. The summed E-state index contributed by atoms with van der Waals surface area (Å²) in [5.41, 5.74) is 0.377. The summed E-state index contributed by atoms with van der Waals surface area (Å²) < 4.78 is 33.6. The second-order valence-corrected chi connectivity index (χ2v) is 3.18. The van der Waals surface area contributed by atoms with Crippen LogP contribution in [0.5, 0.6) is 5.75 Å². The minimum atomic E-state index is -2.89. The summed E-state index contributed by atoms with van der Waals surface area (Å²) in [6.07, 6.45) is 1.34. The smallest absolute Gasteiger partial charge is 0.387 e. The molecule has 0 radical (unpaired) electrons. The molecule has 0 atom stereocenters. The van der Waals surface area contributed by atoms with Gasteiger partial charge in [0.1, 0.15) is 5.75 Å². The minimum absolute atomic E-state index is 0.0188. The standard InChI is InChI=1S/C10H6ClF2NO2/c11-9-14-5-8(15-9)6-3-1-2-4-7(6)16-10(12)13/h1-5,10H. The molecule has 0 aliphatic heterocycles. The van der Waals surface area contributed by atoms with Crippen LogP contribution in [0.3, 0.4) is 0 Å². The lowest BCUT2D eigenvalue weighted by Crippen LogP contribution is -2.02. The van der Waals surface area contributed by atoms with Crippen LogP contribution in [0, 0.1) is 0 Å². The van der Waals surface area contributed by atoms with Gasteiger partial charge >= 0.3 is 6.61 Å². The number of para-hydroxylation sites is 1. The number of aromatic nitrogens is 1. The van der Waals surface area contributed by atoms with Gasteiger partial charge < -0.3 is 9.15 Å². The van der Waals surface area contributed by atoms with Gasteiger partial charge in [-0.15, -0.1) is 0 Å². The molecule has 1 aromatic carbocycles. The number of hydrogen-bond acceptors (Lipinski definition) is 3. The van der Waals surface area contributed by atoms with E-state index in [1.54, 1.807) is 18.2 Å². The Bertz CT molecular complexity index is 487. The molecule has 0 N–H and O–H groups in total. The maximum absolute atomic E-state index is 12.1. The molecule has 0 spiro atoms. The highest BCUT2D eigenvalue weighted by molar-refractivity contribution is 6.27. The molecule has 0 bridgehead atoms. The quantitative estimate of drug-likeness (QED) is 0.829. The van der Waals surface area contributed by atoms with Gasteiger partial charge in [-0.05, 0) is 23.7 Å². The Labute approximate surface area is 94.6 Å². The Morgan fingerprint density at radius 2 is 2.06 bits per heavy atom. The van der Waals surface area contributed by atoms with Crippen molar-refractivity contribution in [2.45, 2.75) is 6.61 Å². The predicted molar refractivity (Wildman–Crippen MR) is 53.6 cm³/mol. The van der Waals surface area contributed by atoms with Crippen LogP contribution in [-0.2, 0) is 0 Å². The molecule has 2 rings (SSSR count). The zero-order chi connectivity index (χ0) is 11.5. The van der Waals surface area contributed by atoms with Crippen molar-refractivity contribution in [3.8, 4) is 17.1 Å². The molecule has 3 nitrogen and oxygen atoms in total. The number of ether oxygens (including phenoxy) is 1. The molecule has 6 heteroatoms. The lowest BCUT2D eigenvalue weighted by molar-refractivity contribution is -0.0495. The van der Waals surface area contributed by atoms with Crippen LogP contribution in [0.2, 0.25) is 5.35 Å². The molecular weight excluding hydrogens is 240 g/mol. The van der Waals surface area contributed by atoms with Gasteiger partial charge in [0.15, 0.2) is 5.76 Å². The van der Waals surface area contributed by atoms with E-state index in [1.165, 1.54) is 12.3 Å². The molecule has 1 heterocycles. The first-order chi connectivity index (χ1) is 7.66. The van der Waals surface area contributed by atoms with Crippen molar-refractivity contribution in [3.05, 3.63) is 35.8 Å². The number of oxazole rings is 1. The van der Waals surface area contributed by atoms with Crippen molar-refractivity contribution < 1.29 is 17.9 Å². The first-order valence-corrected chi connectivity index (χ1v) is 4.70. The van der Waals surface area contributed by atoms with E-state index in [1.807, 2.05) is 0 Å². The van der Waals surface area contributed by atoms with E-state index in [0.717, 1.165) is 0 Å². The normalized spacial score (nSPS) is 10.8. The van der Waals surface area contributed by atoms with Gasteiger partial charge in [0.05, 0.1) is 11.8 Å². The Morgan fingerprint density at radius 1 is 1.31 bits per heavy atom. The zero-order valence-corrected chi connectivity index (χ0v) is 8.62. The molecule has 0 aliphatic rings. The molecular formula is C10H6ClF2NO2. The third-order valence-corrected chi connectivity index (χ3v) is 2.02. The molecule has 0 aliphatic carbocycles. The van der Waals surface area contributed by atoms with Crippen LogP contribution in [0.25, 0.3) is 11.3 Å². The molecule has 0 saturated heterocycles. The molecule has 0 saturated carbocycles. The number of nitrogens with zero attached hydrogens (tertiary/aromatic N) is 1. The average Bonchev–Trinajstić information content (AvgIpc) is 2.65. The first-order valence-electron chi connectivity index (χ1n) is 4.32. The second-order valence-electron chi connectivity index (χ2n) is 2.85. The summed E-state index contributed by atoms with van der Waals surface area (Å²) in [5, 5.41) is -0.0538.